The van der Waals surface area contributed by atoms with Crippen LogP contribution in [-0.4, -0.2) is 0 Å². The lowest BCUT2D eigenvalue weighted by atomic mass is 10.0. The zero-order chi connectivity index (χ0) is 9.94. The summed E-state index contributed by atoms with van der Waals surface area (Å²) in [6.07, 6.45) is 13.3. The minimum atomic E-state index is 1.08. The summed E-state index contributed by atoms with van der Waals surface area (Å²) in [5.74, 6) is 0. The molecular formula is C13H24. The monoisotopic (exact) mass is 180 g/mol. The molecule has 0 aromatic carbocycles. The second kappa shape index (κ2) is 9.57. The van der Waals surface area contributed by atoms with Crippen molar-refractivity contribution in [1.82, 2.24) is 0 Å². The van der Waals surface area contributed by atoms with E-state index in [9.17, 15) is 0 Å². The summed E-state index contributed by atoms with van der Waals surface area (Å²) in [5, 5.41) is 0. The maximum Gasteiger partial charge on any atom is -0.0142 e. The maximum atomic E-state index is 3.79. The third-order valence-electron chi connectivity index (χ3n) is 2.22. The van der Waals surface area contributed by atoms with E-state index >= 15 is 0 Å². The van der Waals surface area contributed by atoms with Gasteiger partial charge in [0.25, 0.3) is 0 Å². The van der Waals surface area contributed by atoms with Gasteiger partial charge >= 0.3 is 0 Å². The van der Waals surface area contributed by atoms with Crippen LogP contribution in [0, 0.1) is 0 Å². The van der Waals surface area contributed by atoms with Gasteiger partial charge in [0.15, 0.2) is 0 Å². The van der Waals surface area contributed by atoms with Gasteiger partial charge in [-0.15, -0.1) is 6.58 Å². The highest BCUT2D eigenvalue weighted by molar-refractivity contribution is 5.05. The molecule has 0 rings (SSSR count). The van der Waals surface area contributed by atoms with Crippen LogP contribution in [0.15, 0.2) is 24.3 Å². The Morgan fingerprint density at radius 1 is 1.15 bits per heavy atom. The highest BCUT2D eigenvalue weighted by atomic mass is 14.0. The molecule has 0 atom stereocenters. The van der Waals surface area contributed by atoms with E-state index < -0.39 is 0 Å². The molecule has 0 spiro atoms. The van der Waals surface area contributed by atoms with Crippen LogP contribution in [-0.2, 0) is 0 Å². The first kappa shape index (κ1) is 12.5. The number of hydrogen-bond acceptors (Lipinski definition) is 0. The van der Waals surface area contributed by atoms with Crippen molar-refractivity contribution in [1.29, 1.82) is 0 Å². The Hall–Kier alpha value is -0.520. The van der Waals surface area contributed by atoms with Gasteiger partial charge in [-0.25, -0.2) is 0 Å². The summed E-state index contributed by atoms with van der Waals surface area (Å²) in [6, 6.07) is 0. The van der Waals surface area contributed by atoms with Gasteiger partial charge in [-0.2, -0.15) is 0 Å². The lowest BCUT2D eigenvalue weighted by Crippen LogP contribution is -1.82. The zero-order valence-corrected chi connectivity index (χ0v) is 9.31. The van der Waals surface area contributed by atoms with Gasteiger partial charge in [-0.3, -0.25) is 0 Å². The lowest BCUT2D eigenvalue weighted by Gasteiger charge is -2.02. The van der Waals surface area contributed by atoms with E-state index in [0.29, 0.717) is 0 Å². The Morgan fingerprint density at radius 2 is 1.92 bits per heavy atom. The Balaban J connectivity index is 3.67. The number of hydrogen-bond donors (Lipinski definition) is 0. The van der Waals surface area contributed by atoms with Crippen molar-refractivity contribution in [2.24, 2.45) is 0 Å². The van der Waals surface area contributed by atoms with Crippen molar-refractivity contribution in [3.05, 3.63) is 24.3 Å². The average Bonchev–Trinajstić information content (AvgIpc) is 2.13. The van der Waals surface area contributed by atoms with Crippen molar-refractivity contribution in [3.63, 3.8) is 0 Å². The largest absolute Gasteiger partial charge is 0.103 e. The fourth-order valence-corrected chi connectivity index (χ4v) is 1.49. The number of unbranched alkanes of at least 4 members (excludes halogenated alkanes) is 3. The average molecular weight is 180 g/mol. The standard InChI is InChI=1S/C13H24/c1-4-7-8-9-12-13(10-5-2)11-6-3/h5,12H,2,4,6-11H2,1,3H3/b13-12-. The van der Waals surface area contributed by atoms with Crippen LogP contribution in [0.2, 0.25) is 0 Å². The van der Waals surface area contributed by atoms with Gasteiger partial charge in [-0.1, -0.05) is 50.8 Å². The van der Waals surface area contributed by atoms with Gasteiger partial charge < -0.3 is 0 Å². The quantitative estimate of drug-likeness (QED) is 0.369. The van der Waals surface area contributed by atoms with Gasteiger partial charge in [0, 0.05) is 0 Å². The zero-order valence-electron chi connectivity index (χ0n) is 9.31. The lowest BCUT2D eigenvalue weighted by molar-refractivity contribution is 0.722. The van der Waals surface area contributed by atoms with Crippen molar-refractivity contribution < 1.29 is 0 Å². The molecule has 0 aliphatic rings. The van der Waals surface area contributed by atoms with Gasteiger partial charge in [0.05, 0.1) is 0 Å². The van der Waals surface area contributed by atoms with Crippen molar-refractivity contribution in [2.45, 2.75) is 58.8 Å². The van der Waals surface area contributed by atoms with Crippen molar-refractivity contribution >= 4 is 0 Å². The van der Waals surface area contributed by atoms with Crippen LogP contribution in [0.5, 0.6) is 0 Å². The van der Waals surface area contributed by atoms with E-state index in [4.69, 9.17) is 0 Å². The van der Waals surface area contributed by atoms with E-state index in [-0.39, 0.29) is 0 Å². The first-order valence-corrected chi connectivity index (χ1v) is 5.63. The molecule has 0 fully saturated rings. The molecule has 0 saturated heterocycles. The molecule has 0 aliphatic heterocycles. The van der Waals surface area contributed by atoms with E-state index in [1.54, 1.807) is 5.57 Å². The molecular weight excluding hydrogens is 156 g/mol. The molecule has 0 radical (unpaired) electrons. The Labute approximate surface area is 83.7 Å². The topological polar surface area (TPSA) is 0 Å². The first-order valence-electron chi connectivity index (χ1n) is 5.63. The highest BCUT2D eigenvalue weighted by Crippen LogP contribution is 2.12. The number of allylic oxidation sites excluding steroid dienone is 3. The summed E-state index contributed by atoms with van der Waals surface area (Å²) in [4.78, 5) is 0. The van der Waals surface area contributed by atoms with E-state index in [1.807, 2.05) is 6.08 Å². The fourth-order valence-electron chi connectivity index (χ4n) is 1.49. The third kappa shape index (κ3) is 7.83. The summed E-state index contributed by atoms with van der Waals surface area (Å²) in [7, 11) is 0. The molecule has 0 saturated carbocycles. The summed E-state index contributed by atoms with van der Waals surface area (Å²) < 4.78 is 0. The molecule has 0 heteroatoms. The van der Waals surface area contributed by atoms with Crippen LogP contribution in [0.1, 0.15) is 58.8 Å². The Kier molecular flexibility index (Phi) is 9.18. The normalized spacial score (nSPS) is 11.7. The third-order valence-corrected chi connectivity index (χ3v) is 2.22. The predicted molar refractivity (Wildman–Crippen MR) is 61.9 cm³/mol. The summed E-state index contributed by atoms with van der Waals surface area (Å²) >= 11 is 0. The van der Waals surface area contributed by atoms with Gasteiger partial charge in [0.1, 0.15) is 0 Å². The van der Waals surface area contributed by atoms with Crippen LogP contribution in [0.25, 0.3) is 0 Å². The predicted octanol–water partition coefficient (Wildman–Crippen LogP) is 4.87. The van der Waals surface area contributed by atoms with Crippen LogP contribution in [0.4, 0.5) is 0 Å². The molecule has 0 N–H and O–H groups in total. The summed E-state index contributed by atoms with van der Waals surface area (Å²) in [6.45, 7) is 8.28. The van der Waals surface area contributed by atoms with Crippen LogP contribution in [0.3, 0.4) is 0 Å². The van der Waals surface area contributed by atoms with E-state index in [0.717, 1.165) is 6.42 Å². The van der Waals surface area contributed by atoms with Gasteiger partial charge in [0.2, 0.25) is 0 Å². The molecule has 0 aromatic heterocycles. The molecule has 0 bridgehead atoms. The molecule has 0 nitrogen and oxygen atoms in total. The SMILES string of the molecule is C=CC/C(=C/CCCCC)CCC. The fraction of sp³-hybridized carbons (Fsp3) is 0.692. The van der Waals surface area contributed by atoms with Crippen molar-refractivity contribution in [2.75, 3.05) is 0 Å². The molecule has 0 aliphatic carbocycles. The second-order valence-corrected chi connectivity index (χ2v) is 3.60. The Bertz CT molecular complexity index is 142. The van der Waals surface area contributed by atoms with Gasteiger partial charge in [-0.05, 0) is 25.7 Å². The minimum Gasteiger partial charge on any atom is -0.103 e. The van der Waals surface area contributed by atoms with Crippen molar-refractivity contribution in [3.8, 4) is 0 Å². The Morgan fingerprint density at radius 3 is 2.46 bits per heavy atom. The second-order valence-electron chi connectivity index (χ2n) is 3.60. The van der Waals surface area contributed by atoms with Crippen LogP contribution < -0.4 is 0 Å². The molecule has 0 amide bonds. The molecule has 0 aromatic rings. The smallest absolute Gasteiger partial charge is 0.0142 e. The minimum absolute atomic E-state index is 1.08. The van der Waals surface area contributed by atoms with E-state index in [1.165, 1.54) is 38.5 Å². The number of rotatable bonds is 8. The molecule has 0 heterocycles. The maximum absolute atomic E-state index is 3.79. The summed E-state index contributed by atoms with van der Waals surface area (Å²) in [5.41, 5.74) is 1.58. The molecule has 13 heavy (non-hydrogen) atoms. The molecule has 76 valence electrons. The van der Waals surface area contributed by atoms with E-state index in [2.05, 4.69) is 26.5 Å². The first-order chi connectivity index (χ1) is 6.35. The highest BCUT2D eigenvalue weighted by Gasteiger charge is 1.92. The molecule has 0 unspecified atom stereocenters. The van der Waals surface area contributed by atoms with Crippen LogP contribution >= 0.6 is 0 Å².